The number of amides is 4. The van der Waals surface area contributed by atoms with Gasteiger partial charge < -0.3 is 20.9 Å². The average Bonchev–Trinajstić information content (AvgIpc) is 3.15. The van der Waals surface area contributed by atoms with Crippen LogP contribution in [0.3, 0.4) is 0 Å². The van der Waals surface area contributed by atoms with E-state index in [1.165, 1.54) is 5.56 Å². The summed E-state index contributed by atoms with van der Waals surface area (Å²) in [7, 11) is 0. The first kappa shape index (κ1) is 22.8. The summed E-state index contributed by atoms with van der Waals surface area (Å²) >= 11 is 0. The fraction of sp³-hybridized carbons (Fsp3) is 0.423. The van der Waals surface area contributed by atoms with E-state index in [4.69, 9.17) is 0 Å². The van der Waals surface area contributed by atoms with E-state index in [2.05, 4.69) is 28.1 Å². The van der Waals surface area contributed by atoms with Crippen LogP contribution in [0.25, 0.3) is 0 Å². The second-order valence-electron chi connectivity index (χ2n) is 9.01. The minimum Gasteiger partial charge on any atom is -0.356 e. The van der Waals surface area contributed by atoms with Crippen LogP contribution in [0.2, 0.25) is 0 Å². The fourth-order valence-corrected chi connectivity index (χ4v) is 4.82. The van der Waals surface area contributed by atoms with Gasteiger partial charge in [0, 0.05) is 31.6 Å². The van der Waals surface area contributed by atoms with Crippen LogP contribution in [0.5, 0.6) is 0 Å². The zero-order valence-corrected chi connectivity index (χ0v) is 18.8. The number of benzene rings is 2. The molecule has 3 atom stereocenters. The van der Waals surface area contributed by atoms with Gasteiger partial charge in [-0.1, -0.05) is 60.7 Å². The summed E-state index contributed by atoms with van der Waals surface area (Å²) in [5.74, 6) is -0.171. The monoisotopic (exact) mass is 448 g/mol. The lowest BCUT2D eigenvalue weighted by Crippen LogP contribution is -2.44. The quantitative estimate of drug-likeness (QED) is 0.569. The van der Waals surface area contributed by atoms with Crippen molar-refractivity contribution in [3.05, 3.63) is 71.8 Å². The largest absolute Gasteiger partial charge is 0.356 e. The van der Waals surface area contributed by atoms with E-state index in [-0.39, 0.29) is 42.3 Å². The van der Waals surface area contributed by atoms with Gasteiger partial charge in [0.15, 0.2) is 0 Å². The van der Waals surface area contributed by atoms with Gasteiger partial charge in [-0.15, -0.1) is 0 Å². The van der Waals surface area contributed by atoms with Crippen LogP contribution in [-0.2, 0) is 22.6 Å². The molecule has 7 heteroatoms. The molecule has 2 aromatic rings. The van der Waals surface area contributed by atoms with Gasteiger partial charge in [0.2, 0.25) is 11.8 Å². The van der Waals surface area contributed by atoms with Crippen LogP contribution in [0, 0.1) is 11.8 Å². The van der Waals surface area contributed by atoms with E-state index in [1.54, 1.807) is 4.90 Å². The van der Waals surface area contributed by atoms with Crippen molar-refractivity contribution in [2.24, 2.45) is 11.8 Å². The summed E-state index contributed by atoms with van der Waals surface area (Å²) in [5, 5.41) is 9.00. The maximum Gasteiger partial charge on any atom is 0.318 e. The highest BCUT2D eigenvalue weighted by Crippen LogP contribution is 2.33. The van der Waals surface area contributed by atoms with Crippen molar-refractivity contribution in [1.29, 1.82) is 0 Å². The van der Waals surface area contributed by atoms with Gasteiger partial charge in [-0.3, -0.25) is 9.59 Å². The predicted molar refractivity (Wildman–Crippen MR) is 126 cm³/mol. The van der Waals surface area contributed by atoms with Crippen LogP contribution < -0.4 is 16.0 Å². The Kier molecular flexibility index (Phi) is 7.60. The zero-order valence-electron chi connectivity index (χ0n) is 18.8. The topological polar surface area (TPSA) is 90.5 Å². The van der Waals surface area contributed by atoms with Gasteiger partial charge in [-0.25, -0.2) is 4.79 Å². The summed E-state index contributed by atoms with van der Waals surface area (Å²) in [6.45, 7) is 1.58. The van der Waals surface area contributed by atoms with E-state index < -0.39 is 0 Å². The second kappa shape index (κ2) is 11.0. The maximum absolute atomic E-state index is 12.7. The van der Waals surface area contributed by atoms with Crippen LogP contribution >= 0.6 is 0 Å². The Bertz CT molecular complexity index is 951. The van der Waals surface area contributed by atoms with Crippen LogP contribution in [0.4, 0.5) is 4.79 Å². The van der Waals surface area contributed by atoms with Crippen LogP contribution in [-0.4, -0.2) is 48.4 Å². The van der Waals surface area contributed by atoms with Crippen molar-refractivity contribution in [2.75, 3.05) is 19.6 Å². The van der Waals surface area contributed by atoms with E-state index in [9.17, 15) is 14.4 Å². The number of fused-ring (bicyclic) bond motifs is 1. The first-order valence-corrected chi connectivity index (χ1v) is 11.8. The molecular formula is C26H32N4O3. The first-order valence-electron chi connectivity index (χ1n) is 11.8. The third-order valence-corrected chi connectivity index (χ3v) is 6.56. The van der Waals surface area contributed by atoms with Crippen molar-refractivity contribution in [3.8, 4) is 0 Å². The predicted octanol–water partition coefficient (Wildman–Crippen LogP) is 2.47. The number of carbonyl (C=O) groups excluding carboxylic acids is 3. The van der Waals surface area contributed by atoms with Crippen molar-refractivity contribution in [3.63, 3.8) is 0 Å². The molecule has 0 bridgehead atoms. The number of urea groups is 1. The average molecular weight is 449 g/mol. The standard InChI is InChI=1S/C26H32N4O3/c31-24-18-30(26(33)28-16-20-10-5-2-6-11-20)17-22-14-21(15-23(22)29-24)25(32)27-13-7-12-19-8-3-1-4-9-19/h1-6,8-11,21-23H,7,12-18H2,(H,27,32)(H,28,33)(H,29,31)/t21-,22+,23+/m0/s1. The molecule has 33 heavy (non-hydrogen) atoms. The molecule has 1 heterocycles. The lowest BCUT2D eigenvalue weighted by Gasteiger charge is -2.23. The Morgan fingerprint density at radius 1 is 0.939 bits per heavy atom. The Morgan fingerprint density at radius 2 is 1.64 bits per heavy atom. The van der Waals surface area contributed by atoms with Crippen LogP contribution in [0.1, 0.15) is 30.4 Å². The van der Waals surface area contributed by atoms with Gasteiger partial charge >= 0.3 is 6.03 Å². The molecule has 3 N–H and O–H groups in total. The Morgan fingerprint density at radius 3 is 2.36 bits per heavy atom. The molecule has 0 aromatic heterocycles. The smallest absolute Gasteiger partial charge is 0.318 e. The summed E-state index contributed by atoms with van der Waals surface area (Å²) < 4.78 is 0. The number of hydrogen-bond donors (Lipinski definition) is 3. The molecule has 1 saturated heterocycles. The molecule has 2 fully saturated rings. The zero-order chi connectivity index (χ0) is 23.0. The molecule has 7 nitrogen and oxygen atoms in total. The van der Waals surface area contributed by atoms with E-state index in [1.807, 2.05) is 48.5 Å². The normalized spacial score (nSPS) is 22.1. The van der Waals surface area contributed by atoms with Crippen molar-refractivity contribution < 1.29 is 14.4 Å². The number of nitrogens with zero attached hydrogens (tertiary/aromatic N) is 1. The number of hydrogen-bond acceptors (Lipinski definition) is 3. The molecule has 2 aliphatic rings. The molecule has 0 radical (unpaired) electrons. The summed E-state index contributed by atoms with van der Waals surface area (Å²) in [5.41, 5.74) is 2.27. The highest BCUT2D eigenvalue weighted by atomic mass is 16.2. The number of nitrogens with one attached hydrogen (secondary N) is 3. The lowest BCUT2D eigenvalue weighted by molar-refractivity contribution is -0.125. The van der Waals surface area contributed by atoms with Crippen molar-refractivity contribution in [2.45, 2.75) is 38.3 Å². The van der Waals surface area contributed by atoms with Gasteiger partial charge in [0.05, 0.1) is 0 Å². The van der Waals surface area contributed by atoms with Crippen molar-refractivity contribution >= 4 is 17.8 Å². The Balaban J connectivity index is 1.25. The fourth-order valence-electron chi connectivity index (χ4n) is 4.82. The second-order valence-corrected chi connectivity index (χ2v) is 9.01. The third-order valence-electron chi connectivity index (χ3n) is 6.56. The SMILES string of the molecule is O=C1CN(C(=O)NCc2ccccc2)C[C@H]2C[C@H](C(=O)NCCCc3ccccc3)C[C@H]2N1. The molecule has 2 aromatic carbocycles. The molecule has 4 amide bonds. The van der Waals surface area contributed by atoms with E-state index in [0.29, 0.717) is 32.5 Å². The number of aryl methyl sites for hydroxylation is 1. The molecule has 0 unspecified atom stereocenters. The summed E-state index contributed by atoms with van der Waals surface area (Å²) in [6.07, 6.45) is 3.12. The summed E-state index contributed by atoms with van der Waals surface area (Å²) in [4.78, 5) is 39.4. The third kappa shape index (κ3) is 6.34. The minimum absolute atomic E-state index is 0.0456. The minimum atomic E-state index is -0.247. The molecule has 174 valence electrons. The molecule has 1 saturated carbocycles. The van der Waals surface area contributed by atoms with Gasteiger partial charge in [-0.2, -0.15) is 0 Å². The molecular weight excluding hydrogens is 416 g/mol. The van der Waals surface area contributed by atoms with Gasteiger partial charge in [-0.05, 0) is 42.7 Å². The maximum atomic E-state index is 12.7. The number of carbonyl (C=O) groups is 3. The molecule has 0 spiro atoms. The van der Waals surface area contributed by atoms with Gasteiger partial charge in [0.1, 0.15) is 6.54 Å². The van der Waals surface area contributed by atoms with Gasteiger partial charge in [0.25, 0.3) is 0 Å². The Hall–Kier alpha value is -3.35. The molecule has 1 aliphatic heterocycles. The van der Waals surface area contributed by atoms with Crippen LogP contribution in [0.15, 0.2) is 60.7 Å². The Labute approximate surface area is 194 Å². The highest BCUT2D eigenvalue weighted by Gasteiger charge is 2.42. The first-order chi connectivity index (χ1) is 16.1. The van der Waals surface area contributed by atoms with E-state index >= 15 is 0 Å². The summed E-state index contributed by atoms with van der Waals surface area (Å²) in [6, 6.07) is 19.6. The number of rotatable bonds is 7. The lowest BCUT2D eigenvalue weighted by atomic mass is 10.0. The van der Waals surface area contributed by atoms with Crippen molar-refractivity contribution in [1.82, 2.24) is 20.9 Å². The molecule has 1 aliphatic carbocycles. The van der Waals surface area contributed by atoms with E-state index in [0.717, 1.165) is 18.4 Å². The molecule has 4 rings (SSSR count). The highest BCUT2D eigenvalue weighted by molar-refractivity contribution is 5.85.